The highest BCUT2D eigenvalue weighted by Crippen LogP contribution is 2.37. The Morgan fingerprint density at radius 1 is 1.24 bits per heavy atom. The summed E-state index contributed by atoms with van der Waals surface area (Å²) in [6, 6.07) is 5.59. The van der Waals surface area contributed by atoms with Crippen LogP contribution in [0.4, 0.5) is 5.69 Å². The van der Waals surface area contributed by atoms with Crippen molar-refractivity contribution in [1.82, 2.24) is 0 Å². The lowest BCUT2D eigenvalue weighted by Crippen LogP contribution is -2.32. The summed E-state index contributed by atoms with van der Waals surface area (Å²) in [7, 11) is -3.10. The molecular weight excluding hydrogens is 310 g/mol. The van der Waals surface area contributed by atoms with E-state index in [1.807, 2.05) is 18.2 Å². The van der Waals surface area contributed by atoms with E-state index < -0.39 is 20.5 Å². The molecule has 1 saturated heterocycles. The molecule has 2 atom stereocenters. The highest BCUT2D eigenvalue weighted by molar-refractivity contribution is 7.92. The largest absolute Gasteiger partial charge is 0.326 e. The van der Waals surface area contributed by atoms with Gasteiger partial charge in [-0.15, -0.1) is 11.6 Å². The van der Waals surface area contributed by atoms with Crippen LogP contribution in [0, 0.1) is 0 Å². The van der Waals surface area contributed by atoms with Crippen molar-refractivity contribution in [2.75, 3.05) is 11.1 Å². The van der Waals surface area contributed by atoms with Crippen LogP contribution in [-0.2, 0) is 21.1 Å². The zero-order valence-corrected chi connectivity index (χ0v) is 13.2. The maximum atomic E-state index is 12.2. The summed E-state index contributed by atoms with van der Waals surface area (Å²) in [4.78, 5) is 11.4. The summed E-state index contributed by atoms with van der Waals surface area (Å²) in [6.45, 7) is 0. The van der Waals surface area contributed by atoms with Crippen molar-refractivity contribution in [2.45, 2.75) is 42.7 Å². The van der Waals surface area contributed by atoms with E-state index in [9.17, 15) is 13.2 Å². The second kappa shape index (κ2) is 5.61. The molecule has 6 heteroatoms. The number of aryl methyl sites for hydroxylation is 1. The fourth-order valence-electron chi connectivity index (χ4n) is 3.10. The van der Waals surface area contributed by atoms with E-state index in [-0.39, 0.29) is 11.7 Å². The van der Waals surface area contributed by atoms with Gasteiger partial charge in [0.2, 0.25) is 5.91 Å². The monoisotopic (exact) mass is 327 g/mol. The first-order chi connectivity index (χ1) is 9.97. The molecule has 2 aliphatic rings. The van der Waals surface area contributed by atoms with E-state index in [4.69, 9.17) is 11.6 Å². The van der Waals surface area contributed by atoms with Gasteiger partial charge in [0, 0.05) is 12.1 Å². The standard InChI is InChI=1S/C15H18ClNO3S/c16-15(13-3-1-2-8-21(13,19)20)11-4-6-12-10(9-11)5-7-14(18)17-12/h4,6,9,13,15H,1-3,5,7-8H2,(H,17,18). The van der Waals surface area contributed by atoms with Gasteiger partial charge in [-0.2, -0.15) is 0 Å². The quantitative estimate of drug-likeness (QED) is 0.849. The number of alkyl halides is 1. The fourth-order valence-corrected chi connectivity index (χ4v) is 5.79. The number of sulfone groups is 1. The maximum absolute atomic E-state index is 12.2. The van der Waals surface area contributed by atoms with E-state index in [1.165, 1.54) is 0 Å². The lowest BCUT2D eigenvalue weighted by atomic mass is 9.97. The highest BCUT2D eigenvalue weighted by atomic mass is 35.5. The third-order valence-corrected chi connectivity index (χ3v) is 7.29. The van der Waals surface area contributed by atoms with Crippen LogP contribution in [-0.4, -0.2) is 25.3 Å². The molecule has 1 aromatic rings. The zero-order chi connectivity index (χ0) is 15.0. The molecule has 0 aliphatic carbocycles. The van der Waals surface area contributed by atoms with Crippen LogP contribution in [0.3, 0.4) is 0 Å². The van der Waals surface area contributed by atoms with Gasteiger partial charge in [-0.25, -0.2) is 8.42 Å². The SMILES string of the molecule is O=C1CCc2cc(C(Cl)C3CCCCS3(=O)=O)ccc2N1. The molecule has 1 aromatic carbocycles. The third kappa shape index (κ3) is 2.94. The van der Waals surface area contributed by atoms with Crippen molar-refractivity contribution in [2.24, 2.45) is 0 Å². The summed E-state index contributed by atoms with van der Waals surface area (Å²) >= 11 is 6.47. The van der Waals surface area contributed by atoms with Gasteiger partial charge >= 0.3 is 0 Å². The number of anilines is 1. The van der Waals surface area contributed by atoms with Crippen molar-refractivity contribution in [3.05, 3.63) is 29.3 Å². The van der Waals surface area contributed by atoms with E-state index in [2.05, 4.69) is 5.32 Å². The molecule has 3 rings (SSSR count). The average Bonchev–Trinajstić information content (AvgIpc) is 2.45. The fraction of sp³-hybridized carbons (Fsp3) is 0.533. The van der Waals surface area contributed by atoms with Crippen LogP contribution >= 0.6 is 11.6 Å². The predicted octanol–water partition coefficient (Wildman–Crippen LogP) is 2.82. The zero-order valence-electron chi connectivity index (χ0n) is 11.6. The van der Waals surface area contributed by atoms with E-state index in [0.29, 0.717) is 19.3 Å². The van der Waals surface area contributed by atoms with Crippen molar-refractivity contribution < 1.29 is 13.2 Å². The van der Waals surface area contributed by atoms with E-state index in [1.54, 1.807) is 0 Å². The molecule has 114 valence electrons. The lowest BCUT2D eigenvalue weighted by molar-refractivity contribution is -0.116. The summed E-state index contributed by atoms with van der Waals surface area (Å²) in [5, 5.41) is 1.81. The number of amides is 1. The molecule has 0 saturated carbocycles. The molecule has 21 heavy (non-hydrogen) atoms. The van der Waals surface area contributed by atoms with Gasteiger partial charge in [0.1, 0.15) is 0 Å². The van der Waals surface area contributed by atoms with Gasteiger partial charge in [-0.3, -0.25) is 4.79 Å². The minimum Gasteiger partial charge on any atom is -0.326 e. The highest BCUT2D eigenvalue weighted by Gasteiger charge is 2.35. The smallest absolute Gasteiger partial charge is 0.224 e. The normalized spacial score (nSPS) is 25.8. The minimum absolute atomic E-state index is 0.0209. The Bertz CT molecular complexity index is 671. The first kappa shape index (κ1) is 14.9. The molecule has 2 heterocycles. The third-order valence-electron chi connectivity index (χ3n) is 4.30. The van der Waals surface area contributed by atoms with E-state index >= 15 is 0 Å². The molecular formula is C15H18ClNO3S. The van der Waals surface area contributed by atoms with Crippen LogP contribution in [0.15, 0.2) is 18.2 Å². The average molecular weight is 328 g/mol. The Balaban J connectivity index is 1.88. The van der Waals surface area contributed by atoms with Gasteiger partial charge in [0.25, 0.3) is 0 Å². The number of halogens is 1. The van der Waals surface area contributed by atoms with Gasteiger partial charge in [0.15, 0.2) is 9.84 Å². The summed E-state index contributed by atoms with van der Waals surface area (Å²) in [5.41, 5.74) is 2.68. The summed E-state index contributed by atoms with van der Waals surface area (Å²) in [5.74, 6) is 0.259. The van der Waals surface area contributed by atoms with Crippen molar-refractivity contribution >= 4 is 33.0 Å². The second-order valence-corrected chi connectivity index (χ2v) is 8.58. The summed E-state index contributed by atoms with van der Waals surface area (Å²) < 4.78 is 24.4. The van der Waals surface area contributed by atoms with Crippen LogP contribution in [0.1, 0.15) is 42.2 Å². The number of fused-ring (bicyclic) bond motifs is 1. The van der Waals surface area contributed by atoms with Crippen molar-refractivity contribution in [3.8, 4) is 0 Å². The van der Waals surface area contributed by atoms with Crippen molar-refractivity contribution in [3.63, 3.8) is 0 Å². The Labute approximate surface area is 129 Å². The lowest BCUT2D eigenvalue weighted by Gasteiger charge is -2.27. The Kier molecular flexibility index (Phi) is 3.97. The van der Waals surface area contributed by atoms with Crippen LogP contribution < -0.4 is 5.32 Å². The van der Waals surface area contributed by atoms with Gasteiger partial charge in [-0.05, 0) is 36.5 Å². The molecule has 0 spiro atoms. The molecule has 1 amide bonds. The number of carbonyl (C=O) groups excluding carboxylic acids is 1. The number of hydrogen-bond acceptors (Lipinski definition) is 3. The van der Waals surface area contributed by atoms with Crippen LogP contribution in [0.2, 0.25) is 0 Å². The molecule has 0 aromatic heterocycles. The van der Waals surface area contributed by atoms with Gasteiger partial charge in [0.05, 0.1) is 16.4 Å². The molecule has 2 unspecified atom stereocenters. The number of rotatable bonds is 2. The molecule has 0 radical (unpaired) electrons. The molecule has 0 bridgehead atoms. The predicted molar refractivity (Wildman–Crippen MR) is 83.4 cm³/mol. The molecule has 1 N–H and O–H groups in total. The Morgan fingerprint density at radius 3 is 2.81 bits per heavy atom. The number of benzene rings is 1. The van der Waals surface area contributed by atoms with Gasteiger partial charge in [-0.1, -0.05) is 18.6 Å². The topological polar surface area (TPSA) is 63.2 Å². The second-order valence-electron chi connectivity index (χ2n) is 5.77. The first-order valence-electron chi connectivity index (χ1n) is 7.26. The summed E-state index contributed by atoms with van der Waals surface area (Å²) in [6.07, 6.45) is 3.41. The molecule has 1 fully saturated rings. The number of carbonyl (C=O) groups is 1. The number of hydrogen-bond donors (Lipinski definition) is 1. The Hall–Kier alpha value is -1.07. The molecule has 4 nitrogen and oxygen atoms in total. The van der Waals surface area contributed by atoms with Crippen LogP contribution in [0.5, 0.6) is 0 Å². The number of nitrogens with one attached hydrogen (secondary N) is 1. The maximum Gasteiger partial charge on any atom is 0.224 e. The minimum atomic E-state index is -3.10. The first-order valence-corrected chi connectivity index (χ1v) is 9.41. The van der Waals surface area contributed by atoms with Gasteiger partial charge < -0.3 is 5.32 Å². The Morgan fingerprint density at radius 2 is 2.05 bits per heavy atom. The van der Waals surface area contributed by atoms with Crippen LogP contribution in [0.25, 0.3) is 0 Å². The molecule has 2 aliphatic heterocycles. The van der Waals surface area contributed by atoms with Crippen molar-refractivity contribution in [1.29, 1.82) is 0 Å². The van der Waals surface area contributed by atoms with E-state index in [0.717, 1.165) is 29.7 Å².